The second kappa shape index (κ2) is 7.72. The summed E-state index contributed by atoms with van der Waals surface area (Å²) in [5, 5.41) is 13.4. The number of hydrogen-bond donors (Lipinski definition) is 2. The van der Waals surface area contributed by atoms with Gasteiger partial charge >= 0.3 is 0 Å². The summed E-state index contributed by atoms with van der Waals surface area (Å²) in [7, 11) is 0. The van der Waals surface area contributed by atoms with Crippen LogP contribution in [0.25, 0.3) is 11.0 Å². The van der Waals surface area contributed by atoms with Crippen LogP contribution in [0.15, 0.2) is 51.9 Å². The van der Waals surface area contributed by atoms with Crippen LogP contribution >= 0.6 is 0 Å². The molecule has 0 spiro atoms. The number of benzene rings is 2. The standard InChI is InChI=1S/C22H20N2O6/c25-15-5-3-13-8-17(21(26)23-11-16-2-1-7-27-16)22(30-19(13)10-15)24-14-4-6-18-20(9-14)29-12-28-18/h3-6,8-10,16,25H,1-2,7,11-12H2,(H,23,26)/t16-/m1/s1. The number of phenols is 1. The Bertz CT molecular complexity index is 1180. The van der Waals surface area contributed by atoms with Crippen LogP contribution in [0.1, 0.15) is 23.2 Å². The van der Waals surface area contributed by atoms with E-state index in [-0.39, 0.29) is 30.1 Å². The number of hydrogen-bond acceptors (Lipinski definition) is 7. The smallest absolute Gasteiger partial charge is 0.256 e. The van der Waals surface area contributed by atoms with Crippen molar-refractivity contribution in [1.29, 1.82) is 0 Å². The van der Waals surface area contributed by atoms with E-state index in [0.717, 1.165) is 19.4 Å². The summed E-state index contributed by atoms with van der Waals surface area (Å²) >= 11 is 0. The molecule has 1 fully saturated rings. The first kappa shape index (κ1) is 18.5. The first-order valence-electron chi connectivity index (χ1n) is 9.77. The average Bonchev–Trinajstić information content (AvgIpc) is 3.43. The van der Waals surface area contributed by atoms with Crippen molar-refractivity contribution < 1.29 is 28.5 Å². The Morgan fingerprint density at radius 1 is 1.13 bits per heavy atom. The van der Waals surface area contributed by atoms with E-state index in [1.807, 2.05) is 0 Å². The summed E-state index contributed by atoms with van der Waals surface area (Å²) in [4.78, 5) is 17.5. The van der Waals surface area contributed by atoms with Gasteiger partial charge in [0.2, 0.25) is 12.3 Å². The Labute approximate surface area is 171 Å². The second-order valence-electron chi connectivity index (χ2n) is 7.18. The Morgan fingerprint density at radius 3 is 2.90 bits per heavy atom. The van der Waals surface area contributed by atoms with Gasteiger partial charge in [-0.3, -0.25) is 4.79 Å². The zero-order valence-corrected chi connectivity index (χ0v) is 16.1. The Hall–Kier alpha value is -3.52. The van der Waals surface area contributed by atoms with Crippen molar-refractivity contribution in [3.63, 3.8) is 0 Å². The van der Waals surface area contributed by atoms with Crippen molar-refractivity contribution in [3.8, 4) is 17.2 Å². The highest BCUT2D eigenvalue weighted by atomic mass is 16.7. The van der Waals surface area contributed by atoms with Crippen LogP contribution in [-0.4, -0.2) is 37.1 Å². The Balaban J connectivity index is 1.55. The van der Waals surface area contributed by atoms with Crippen LogP contribution in [0.3, 0.4) is 0 Å². The van der Waals surface area contributed by atoms with Crippen molar-refractivity contribution in [2.24, 2.45) is 4.99 Å². The minimum Gasteiger partial charge on any atom is -0.508 e. The quantitative estimate of drug-likeness (QED) is 0.688. The SMILES string of the molecule is O=C(NC[C@H]1CCCO1)c1cc2ccc(O)cc2oc1=Nc1ccc2c(c1)OCO2. The highest BCUT2D eigenvalue weighted by molar-refractivity contribution is 5.96. The molecule has 8 heteroatoms. The molecule has 1 atom stereocenters. The number of carbonyl (C=O) groups excluding carboxylic acids is 1. The lowest BCUT2D eigenvalue weighted by atomic mass is 10.1. The number of nitrogens with one attached hydrogen (secondary N) is 1. The van der Waals surface area contributed by atoms with Gasteiger partial charge in [-0.05, 0) is 43.2 Å². The zero-order valence-electron chi connectivity index (χ0n) is 16.1. The molecule has 1 saturated heterocycles. The van der Waals surface area contributed by atoms with Gasteiger partial charge in [0.25, 0.3) is 5.91 Å². The molecule has 0 saturated carbocycles. The molecule has 8 nitrogen and oxygen atoms in total. The number of fused-ring (bicyclic) bond motifs is 2. The molecule has 2 N–H and O–H groups in total. The summed E-state index contributed by atoms with van der Waals surface area (Å²) in [6, 6.07) is 11.7. The number of aromatic hydroxyl groups is 1. The van der Waals surface area contributed by atoms with Gasteiger partial charge in [0.05, 0.1) is 11.8 Å². The van der Waals surface area contributed by atoms with Crippen molar-refractivity contribution >= 4 is 22.6 Å². The zero-order chi connectivity index (χ0) is 20.5. The van der Waals surface area contributed by atoms with E-state index in [0.29, 0.717) is 40.3 Å². The number of rotatable bonds is 4. The number of amides is 1. The third-order valence-electron chi connectivity index (χ3n) is 5.08. The van der Waals surface area contributed by atoms with Gasteiger partial charge in [0.1, 0.15) is 16.9 Å². The fourth-order valence-corrected chi connectivity index (χ4v) is 3.53. The maximum Gasteiger partial charge on any atom is 0.256 e. The van der Waals surface area contributed by atoms with Gasteiger partial charge in [-0.2, -0.15) is 0 Å². The van der Waals surface area contributed by atoms with Gasteiger partial charge in [0, 0.05) is 30.7 Å². The van der Waals surface area contributed by atoms with Crippen LogP contribution in [0.5, 0.6) is 17.2 Å². The molecule has 3 aromatic rings. The van der Waals surface area contributed by atoms with Crippen molar-refractivity contribution in [3.05, 3.63) is 53.6 Å². The summed E-state index contributed by atoms with van der Waals surface area (Å²) < 4.78 is 22.2. The van der Waals surface area contributed by atoms with E-state index < -0.39 is 0 Å². The lowest BCUT2D eigenvalue weighted by Crippen LogP contribution is -2.34. The highest BCUT2D eigenvalue weighted by Crippen LogP contribution is 2.35. The molecule has 1 amide bonds. The fraction of sp³-hybridized carbons (Fsp3) is 0.273. The Kier molecular flexibility index (Phi) is 4.76. The van der Waals surface area contributed by atoms with E-state index >= 15 is 0 Å². The molecule has 1 aromatic heterocycles. The average molecular weight is 408 g/mol. The maximum absolute atomic E-state index is 12.9. The van der Waals surface area contributed by atoms with E-state index in [2.05, 4.69) is 10.3 Å². The molecule has 5 rings (SSSR count). The summed E-state index contributed by atoms with van der Waals surface area (Å²) in [6.07, 6.45) is 1.95. The van der Waals surface area contributed by atoms with Gasteiger partial charge in [0.15, 0.2) is 11.5 Å². The molecule has 2 aliphatic heterocycles. The molecule has 0 aliphatic carbocycles. The van der Waals surface area contributed by atoms with Gasteiger partial charge in [-0.25, -0.2) is 4.99 Å². The largest absolute Gasteiger partial charge is 0.508 e. The molecule has 2 aromatic carbocycles. The second-order valence-corrected chi connectivity index (χ2v) is 7.18. The maximum atomic E-state index is 12.9. The fourth-order valence-electron chi connectivity index (χ4n) is 3.53. The first-order valence-corrected chi connectivity index (χ1v) is 9.77. The van der Waals surface area contributed by atoms with Crippen LogP contribution in [-0.2, 0) is 4.74 Å². The third kappa shape index (κ3) is 3.69. The minimum absolute atomic E-state index is 0.0255. The van der Waals surface area contributed by atoms with E-state index in [4.69, 9.17) is 18.6 Å². The highest BCUT2D eigenvalue weighted by Gasteiger charge is 2.19. The number of nitrogens with zero attached hydrogens (tertiary/aromatic N) is 1. The van der Waals surface area contributed by atoms with Crippen molar-refractivity contribution in [1.82, 2.24) is 5.32 Å². The van der Waals surface area contributed by atoms with Crippen molar-refractivity contribution in [2.45, 2.75) is 18.9 Å². The van der Waals surface area contributed by atoms with Crippen molar-refractivity contribution in [2.75, 3.05) is 19.9 Å². The Morgan fingerprint density at radius 2 is 2.03 bits per heavy atom. The predicted octanol–water partition coefficient (Wildman–Crippen LogP) is 3.01. The molecule has 2 aliphatic rings. The van der Waals surface area contributed by atoms with Crippen LogP contribution in [0.4, 0.5) is 5.69 Å². The summed E-state index contributed by atoms with van der Waals surface area (Å²) in [5.41, 5.74) is 1.40. The number of phenolic OH excluding ortho intramolecular Hbond substituents is 1. The molecular weight excluding hydrogens is 388 g/mol. The molecule has 3 heterocycles. The minimum atomic E-state index is -0.302. The third-order valence-corrected chi connectivity index (χ3v) is 5.08. The van der Waals surface area contributed by atoms with Gasteiger partial charge in [-0.15, -0.1) is 0 Å². The number of ether oxygens (including phenoxy) is 3. The first-order chi connectivity index (χ1) is 14.7. The number of carbonyl (C=O) groups is 1. The molecule has 0 bridgehead atoms. The molecular formula is C22H20N2O6. The lowest BCUT2D eigenvalue weighted by Gasteiger charge is -2.11. The van der Waals surface area contributed by atoms with Gasteiger partial charge < -0.3 is 29.1 Å². The predicted molar refractivity (Wildman–Crippen MR) is 107 cm³/mol. The van der Waals surface area contributed by atoms with E-state index in [1.54, 1.807) is 36.4 Å². The topological polar surface area (TPSA) is 103 Å². The summed E-state index contributed by atoms with van der Waals surface area (Å²) in [5.74, 6) is 0.988. The van der Waals surface area contributed by atoms with Crippen LogP contribution in [0.2, 0.25) is 0 Å². The molecule has 0 unspecified atom stereocenters. The van der Waals surface area contributed by atoms with E-state index in [1.165, 1.54) is 6.07 Å². The van der Waals surface area contributed by atoms with Gasteiger partial charge in [-0.1, -0.05) is 0 Å². The van der Waals surface area contributed by atoms with Crippen LogP contribution < -0.4 is 20.3 Å². The molecule has 30 heavy (non-hydrogen) atoms. The van der Waals surface area contributed by atoms with Crippen LogP contribution in [0, 0.1) is 0 Å². The molecule has 154 valence electrons. The monoisotopic (exact) mass is 408 g/mol. The summed E-state index contributed by atoms with van der Waals surface area (Å²) in [6.45, 7) is 1.31. The normalized spacial score (nSPS) is 18.1. The molecule has 0 radical (unpaired) electrons. The lowest BCUT2D eigenvalue weighted by molar-refractivity contribution is 0.0854. The van der Waals surface area contributed by atoms with E-state index in [9.17, 15) is 9.90 Å².